The van der Waals surface area contributed by atoms with Crippen LogP contribution in [0.3, 0.4) is 0 Å². The smallest absolute Gasteiger partial charge is 0.251 e. The number of anilines is 1. The van der Waals surface area contributed by atoms with Gasteiger partial charge in [-0.1, -0.05) is 50.2 Å². The number of nitrogens with zero attached hydrogens (tertiary/aromatic N) is 1. The minimum atomic E-state index is -3.48. The van der Waals surface area contributed by atoms with E-state index in [0.717, 1.165) is 28.9 Å². The zero-order valence-electron chi connectivity index (χ0n) is 21.0. The van der Waals surface area contributed by atoms with Crippen molar-refractivity contribution in [2.45, 2.75) is 39.8 Å². The summed E-state index contributed by atoms with van der Waals surface area (Å²) in [7, 11) is -1.85. The van der Waals surface area contributed by atoms with E-state index in [1.54, 1.807) is 37.4 Å². The lowest BCUT2D eigenvalue weighted by molar-refractivity contribution is 0.0932. The van der Waals surface area contributed by atoms with E-state index in [1.165, 1.54) is 10.6 Å². The molecule has 0 fully saturated rings. The summed E-state index contributed by atoms with van der Waals surface area (Å²) in [5, 5.41) is 3.15. The SMILES string of the molecule is COc1ccc([C@@H](CC(C)C)NC(=O)c2ccc(CN(c3cccc(C)c3)S(C)(=O)=O)cc2)cc1. The zero-order chi connectivity index (χ0) is 25.6. The number of nitrogens with one attached hydrogen (secondary N) is 1. The number of benzene rings is 3. The number of carbonyl (C=O) groups excluding carboxylic acids is 1. The number of rotatable bonds is 10. The molecule has 0 bridgehead atoms. The van der Waals surface area contributed by atoms with Crippen molar-refractivity contribution in [3.8, 4) is 5.75 Å². The van der Waals surface area contributed by atoms with E-state index >= 15 is 0 Å². The Morgan fingerprint density at radius 1 is 1.00 bits per heavy atom. The molecule has 0 aliphatic rings. The van der Waals surface area contributed by atoms with Crippen LogP contribution in [0.5, 0.6) is 5.75 Å². The summed E-state index contributed by atoms with van der Waals surface area (Å²) in [6.07, 6.45) is 2.00. The second-order valence-electron chi connectivity index (χ2n) is 9.23. The Balaban J connectivity index is 1.76. The minimum absolute atomic E-state index is 0.130. The number of sulfonamides is 1. The number of ether oxygens (including phenoxy) is 1. The molecule has 0 radical (unpaired) electrons. The van der Waals surface area contributed by atoms with Crippen LogP contribution in [0.2, 0.25) is 0 Å². The van der Waals surface area contributed by atoms with Gasteiger partial charge in [0.2, 0.25) is 10.0 Å². The summed E-state index contributed by atoms with van der Waals surface area (Å²) in [6.45, 7) is 6.36. The molecule has 0 unspecified atom stereocenters. The molecular formula is C28H34N2O4S. The first-order valence-electron chi connectivity index (χ1n) is 11.6. The molecule has 1 amide bonds. The van der Waals surface area contributed by atoms with Gasteiger partial charge in [-0.25, -0.2) is 8.42 Å². The van der Waals surface area contributed by atoms with Crippen LogP contribution in [0.15, 0.2) is 72.8 Å². The summed E-state index contributed by atoms with van der Waals surface area (Å²) in [6, 6.07) is 22.1. The van der Waals surface area contributed by atoms with Crippen LogP contribution in [-0.4, -0.2) is 27.7 Å². The topological polar surface area (TPSA) is 75.7 Å². The number of hydrogen-bond donors (Lipinski definition) is 1. The molecule has 3 aromatic carbocycles. The Hall–Kier alpha value is -3.32. The lowest BCUT2D eigenvalue weighted by atomic mass is 9.96. The molecule has 0 aromatic heterocycles. The monoisotopic (exact) mass is 494 g/mol. The predicted molar refractivity (Wildman–Crippen MR) is 141 cm³/mol. The van der Waals surface area contributed by atoms with Crippen molar-refractivity contribution in [3.63, 3.8) is 0 Å². The lowest BCUT2D eigenvalue weighted by Crippen LogP contribution is -2.30. The van der Waals surface area contributed by atoms with E-state index in [4.69, 9.17) is 4.74 Å². The molecule has 0 aliphatic heterocycles. The van der Waals surface area contributed by atoms with Crippen LogP contribution in [0.1, 0.15) is 53.4 Å². The highest BCUT2D eigenvalue weighted by atomic mass is 32.2. The highest BCUT2D eigenvalue weighted by Crippen LogP contribution is 2.25. The first kappa shape index (κ1) is 26.3. The van der Waals surface area contributed by atoms with Gasteiger partial charge in [-0.2, -0.15) is 0 Å². The predicted octanol–water partition coefficient (Wildman–Crippen LogP) is 5.49. The second-order valence-corrected chi connectivity index (χ2v) is 11.1. The summed E-state index contributed by atoms with van der Waals surface area (Å²) < 4.78 is 31.5. The van der Waals surface area contributed by atoms with Crippen LogP contribution < -0.4 is 14.4 Å². The van der Waals surface area contributed by atoms with E-state index in [2.05, 4.69) is 19.2 Å². The van der Waals surface area contributed by atoms with Gasteiger partial charge in [0.15, 0.2) is 0 Å². The van der Waals surface area contributed by atoms with Gasteiger partial charge in [0.25, 0.3) is 5.91 Å². The Bertz CT molecular complexity index is 1240. The van der Waals surface area contributed by atoms with Gasteiger partial charge in [0, 0.05) is 5.56 Å². The van der Waals surface area contributed by atoms with Gasteiger partial charge >= 0.3 is 0 Å². The van der Waals surface area contributed by atoms with Gasteiger partial charge in [0.05, 0.1) is 31.6 Å². The van der Waals surface area contributed by atoms with E-state index in [0.29, 0.717) is 17.2 Å². The maximum atomic E-state index is 13.0. The van der Waals surface area contributed by atoms with Crippen molar-refractivity contribution in [3.05, 3.63) is 95.1 Å². The Morgan fingerprint density at radius 2 is 1.66 bits per heavy atom. The average Bonchev–Trinajstić information content (AvgIpc) is 2.81. The van der Waals surface area contributed by atoms with Crippen LogP contribution >= 0.6 is 0 Å². The molecule has 1 atom stereocenters. The fourth-order valence-electron chi connectivity index (χ4n) is 3.94. The Labute approximate surface area is 209 Å². The molecular weight excluding hydrogens is 460 g/mol. The van der Waals surface area contributed by atoms with Gasteiger partial charge in [-0.3, -0.25) is 9.10 Å². The normalized spacial score (nSPS) is 12.3. The fourth-order valence-corrected chi connectivity index (χ4v) is 4.82. The molecule has 3 rings (SSSR count). The van der Waals surface area contributed by atoms with Crippen molar-refractivity contribution in [2.24, 2.45) is 5.92 Å². The van der Waals surface area contributed by atoms with Crippen molar-refractivity contribution < 1.29 is 17.9 Å². The molecule has 0 aliphatic carbocycles. The van der Waals surface area contributed by atoms with Crippen molar-refractivity contribution >= 4 is 21.6 Å². The van der Waals surface area contributed by atoms with Crippen LogP contribution in [0, 0.1) is 12.8 Å². The van der Waals surface area contributed by atoms with Gasteiger partial charge < -0.3 is 10.1 Å². The number of carbonyl (C=O) groups is 1. The first-order valence-corrected chi connectivity index (χ1v) is 13.5. The lowest BCUT2D eigenvalue weighted by Gasteiger charge is -2.23. The molecule has 35 heavy (non-hydrogen) atoms. The fraction of sp³-hybridized carbons (Fsp3) is 0.321. The molecule has 1 N–H and O–H groups in total. The molecule has 3 aromatic rings. The van der Waals surface area contributed by atoms with Crippen molar-refractivity contribution in [1.82, 2.24) is 5.32 Å². The van der Waals surface area contributed by atoms with Gasteiger partial charge in [-0.15, -0.1) is 0 Å². The first-order chi connectivity index (χ1) is 16.6. The summed E-state index contributed by atoms with van der Waals surface area (Å²) >= 11 is 0. The van der Waals surface area contributed by atoms with Crippen molar-refractivity contribution in [1.29, 1.82) is 0 Å². The van der Waals surface area contributed by atoms with E-state index < -0.39 is 10.0 Å². The van der Waals surface area contributed by atoms with Crippen LogP contribution in [-0.2, 0) is 16.6 Å². The van der Waals surface area contributed by atoms with Crippen LogP contribution in [0.4, 0.5) is 5.69 Å². The van der Waals surface area contributed by atoms with E-state index in [-0.39, 0.29) is 18.5 Å². The number of methoxy groups -OCH3 is 1. The van der Waals surface area contributed by atoms with Crippen molar-refractivity contribution in [2.75, 3.05) is 17.7 Å². The van der Waals surface area contributed by atoms with Gasteiger partial charge in [0.1, 0.15) is 5.75 Å². The van der Waals surface area contributed by atoms with Gasteiger partial charge in [-0.05, 0) is 72.4 Å². The zero-order valence-corrected chi connectivity index (χ0v) is 21.8. The van der Waals surface area contributed by atoms with E-state index in [1.807, 2.05) is 49.4 Å². The largest absolute Gasteiger partial charge is 0.497 e. The molecule has 7 heteroatoms. The maximum Gasteiger partial charge on any atom is 0.251 e. The third-order valence-electron chi connectivity index (χ3n) is 5.76. The maximum absolute atomic E-state index is 13.0. The highest BCUT2D eigenvalue weighted by Gasteiger charge is 2.20. The molecule has 0 saturated carbocycles. The highest BCUT2D eigenvalue weighted by molar-refractivity contribution is 7.92. The summed E-state index contributed by atoms with van der Waals surface area (Å²) in [4.78, 5) is 13.0. The Kier molecular flexibility index (Phi) is 8.57. The quantitative estimate of drug-likeness (QED) is 0.405. The Morgan fingerprint density at radius 3 is 2.20 bits per heavy atom. The number of amides is 1. The molecule has 0 spiro atoms. The number of aryl methyl sites for hydroxylation is 1. The third-order valence-corrected chi connectivity index (χ3v) is 6.90. The number of hydrogen-bond acceptors (Lipinski definition) is 4. The standard InChI is InChI=1S/C28H34N2O4S/c1-20(2)17-27(23-13-15-26(34-4)16-14-23)29-28(31)24-11-9-22(10-12-24)19-30(35(5,32)33)25-8-6-7-21(3)18-25/h6-16,18,20,27H,17,19H2,1-5H3,(H,29,31)/t27-/m1/s1. The minimum Gasteiger partial charge on any atom is -0.497 e. The molecule has 0 heterocycles. The summed E-state index contributed by atoms with van der Waals surface area (Å²) in [5.41, 5.74) is 3.94. The van der Waals surface area contributed by atoms with E-state index in [9.17, 15) is 13.2 Å². The second kappa shape index (κ2) is 11.4. The third kappa shape index (κ3) is 7.33. The van der Waals surface area contributed by atoms with Crippen LogP contribution in [0.25, 0.3) is 0 Å². The molecule has 186 valence electrons. The molecule has 6 nitrogen and oxygen atoms in total. The summed E-state index contributed by atoms with van der Waals surface area (Å²) in [5.74, 6) is 0.998. The molecule has 0 saturated heterocycles. The average molecular weight is 495 g/mol.